The number of hydrogen-bond donors (Lipinski definition) is 1. The summed E-state index contributed by atoms with van der Waals surface area (Å²) in [5, 5.41) is 3.33. The predicted octanol–water partition coefficient (Wildman–Crippen LogP) is 4.04. The van der Waals surface area contributed by atoms with Gasteiger partial charge in [-0.05, 0) is 63.1 Å². The first-order valence-corrected chi connectivity index (χ1v) is 9.71. The van der Waals surface area contributed by atoms with E-state index in [-0.39, 0.29) is 5.91 Å². The quantitative estimate of drug-likeness (QED) is 0.621. The van der Waals surface area contributed by atoms with Crippen molar-refractivity contribution < 1.29 is 23.8 Å². The second-order valence-electron chi connectivity index (χ2n) is 6.83. The average Bonchev–Trinajstić information content (AvgIpc) is 2.69. The standard InChI is InChI=1S/C22H26ClNO5/c1-5-28-21(26)22(2,3)29-17-9-6-15(7-10-17)12-13-24-20(25)18-14-16(23)8-11-19(18)27-4/h6-11,14H,5,12-13H2,1-4H3,(H,24,25). The van der Waals surface area contributed by atoms with Gasteiger partial charge in [-0.25, -0.2) is 4.79 Å². The molecule has 6 nitrogen and oxygen atoms in total. The van der Waals surface area contributed by atoms with E-state index >= 15 is 0 Å². The van der Waals surface area contributed by atoms with E-state index in [1.54, 1.807) is 51.1 Å². The molecule has 29 heavy (non-hydrogen) atoms. The molecule has 0 atom stereocenters. The molecule has 0 heterocycles. The van der Waals surface area contributed by atoms with E-state index in [2.05, 4.69) is 5.32 Å². The lowest BCUT2D eigenvalue weighted by Gasteiger charge is -2.24. The first kappa shape index (κ1) is 22.6. The number of nitrogens with one attached hydrogen (secondary N) is 1. The summed E-state index contributed by atoms with van der Waals surface area (Å²) in [5.41, 5.74) is 0.344. The van der Waals surface area contributed by atoms with E-state index in [0.717, 1.165) is 5.56 Å². The molecule has 0 fully saturated rings. The molecule has 7 heteroatoms. The molecule has 0 aromatic heterocycles. The Morgan fingerprint density at radius 3 is 2.41 bits per heavy atom. The van der Waals surface area contributed by atoms with Crippen LogP contribution in [0.5, 0.6) is 11.5 Å². The molecule has 0 saturated heterocycles. The topological polar surface area (TPSA) is 73.9 Å². The Bertz CT molecular complexity index is 849. The zero-order valence-corrected chi connectivity index (χ0v) is 17.8. The van der Waals surface area contributed by atoms with Gasteiger partial charge >= 0.3 is 5.97 Å². The van der Waals surface area contributed by atoms with E-state index in [4.69, 9.17) is 25.8 Å². The third kappa shape index (κ3) is 6.39. The number of methoxy groups -OCH3 is 1. The third-order valence-electron chi connectivity index (χ3n) is 4.17. The van der Waals surface area contributed by atoms with Gasteiger partial charge < -0.3 is 19.5 Å². The molecule has 1 N–H and O–H groups in total. The highest BCUT2D eigenvalue weighted by Crippen LogP contribution is 2.23. The Kier molecular flexibility index (Phi) is 7.91. The maximum atomic E-state index is 12.4. The highest BCUT2D eigenvalue weighted by atomic mass is 35.5. The number of benzene rings is 2. The number of hydrogen-bond acceptors (Lipinski definition) is 5. The lowest BCUT2D eigenvalue weighted by Crippen LogP contribution is -2.39. The second-order valence-corrected chi connectivity index (χ2v) is 7.26. The minimum atomic E-state index is -1.07. The smallest absolute Gasteiger partial charge is 0.349 e. The Morgan fingerprint density at radius 1 is 1.10 bits per heavy atom. The number of halogens is 1. The first-order valence-electron chi connectivity index (χ1n) is 9.33. The summed E-state index contributed by atoms with van der Waals surface area (Å²) in [6, 6.07) is 12.3. The molecule has 0 bridgehead atoms. The fourth-order valence-electron chi connectivity index (χ4n) is 2.64. The second kappa shape index (κ2) is 10.2. The molecule has 0 aliphatic rings. The summed E-state index contributed by atoms with van der Waals surface area (Å²) in [6.45, 7) is 5.83. The molecule has 2 aromatic rings. The molecular weight excluding hydrogens is 394 g/mol. The van der Waals surface area contributed by atoms with Crippen molar-refractivity contribution in [2.24, 2.45) is 0 Å². The molecule has 0 radical (unpaired) electrons. The van der Waals surface area contributed by atoms with Crippen molar-refractivity contribution >= 4 is 23.5 Å². The molecule has 0 saturated carbocycles. The summed E-state index contributed by atoms with van der Waals surface area (Å²) in [6.07, 6.45) is 0.635. The normalized spacial score (nSPS) is 10.9. The van der Waals surface area contributed by atoms with Gasteiger partial charge in [-0.2, -0.15) is 0 Å². The SMILES string of the molecule is CCOC(=O)C(C)(C)Oc1ccc(CCNC(=O)c2cc(Cl)ccc2OC)cc1. The van der Waals surface area contributed by atoms with Crippen molar-refractivity contribution in [3.05, 3.63) is 58.6 Å². The number of carbonyl (C=O) groups excluding carboxylic acids is 2. The largest absolute Gasteiger partial charge is 0.496 e. The lowest BCUT2D eigenvalue weighted by molar-refractivity contribution is -0.158. The van der Waals surface area contributed by atoms with Gasteiger partial charge in [0.15, 0.2) is 5.60 Å². The molecule has 0 aliphatic heterocycles. The summed E-state index contributed by atoms with van der Waals surface area (Å²) in [4.78, 5) is 24.3. The van der Waals surface area contributed by atoms with Gasteiger partial charge in [0, 0.05) is 11.6 Å². The van der Waals surface area contributed by atoms with Gasteiger partial charge in [0.1, 0.15) is 11.5 Å². The number of rotatable bonds is 9. The van der Waals surface area contributed by atoms with Crippen LogP contribution in [-0.2, 0) is 16.0 Å². The summed E-state index contributed by atoms with van der Waals surface area (Å²) < 4.78 is 16.0. The van der Waals surface area contributed by atoms with Crippen molar-refractivity contribution in [3.63, 3.8) is 0 Å². The predicted molar refractivity (Wildman–Crippen MR) is 112 cm³/mol. The van der Waals surface area contributed by atoms with Crippen LogP contribution in [0.15, 0.2) is 42.5 Å². The van der Waals surface area contributed by atoms with Crippen molar-refractivity contribution in [1.29, 1.82) is 0 Å². The number of esters is 1. The maximum absolute atomic E-state index is 12.4. The van der Waals surface area contributed by atoms with Gasteiger partial charge in [0.2, 0.25) is 0 Å². The molecule has 2 rings (SSSR count). The van der Waals surface area contributed by atoms with Gasteiger partial charge in [0.25, 0.3) is 5.91 Å². The van der Waals surface area contributed by atoms with Gasteiger partial charge in [-0.3, -0.25) is 4.79 Å². The minimum Gasteiger partial charge on any atom is -0.496 e. The van der Waals surface area contributed by atoms with Crippen LogP contribution in [0.4, 0.5) is 0 Å². The van der Waals surface area contributed by atoms with Crippen LogP contribution in [0.25, 0.3) is 0 Å². The van der Waals surface area contributed by atoms with Crippen molar-refractivity contribution in [2.45, 2.75) is 32.8 Å². The van der Waals surface area contributed by atoms with Crippen LogP contribution < -0.4 is 14.8 Å². The Balaban J connectivity index is 1.90. The molecular formula is C22H26ClNO5. The Hall–Kier alpha value is -2.73. The molecule has 0 aliphatic carbocycles. The van der Waals surface area contributed by atoms with Crippen LogP contribution in [0, 0.1) is 0 Å². The van der Waals surface area contributed by atoms with Crippen LogP contribution in [0.3, 0.4) is 0 Å². The van der Waals surface area contributed by atoms with Crippen molar-refractivity contribution in [2.75, 3.05) is 20.3 Å². The van der Waals surface area contributed by atoms with E-state index in [9.17, 15) is 9.59 Å². The zero-order chi connectivity index (χ0) is 21.4. The highest BCUT2D eigenvalue weighted by Gasteiger charge is 2.31. The van der Waals surface area contributed by atoms with Crippen LogP contribution in [0.1, 0.15) is 36.7 Å². The highest BCUT2D eigenvalue weighted by molar-refractivity contribution is 6.31. The maximum Gasteiger partial charge on any atom is 0.349 e. The van der Waals surface area contributed by atoms with Crippen molar-refractivity contribution in [1.82, 2.24) is 5.32 Å². The Labute approximate surface area is 176 Å². The van der Waals surface area contributed by atoms with Crippen molar-refractivity contribution in [3.8, 4) is 11.5 Å². The van der Waals surface area contributed by atoms with Gasteiger partial charge in [-0.1, -0.05) is 23.7 Å². The van der Waals surface area contributed by atoms with E-state index in [1.165, 1.54) is 7.11 Å². The zero-order valence-electron chi connectivity index (χ0n) is 17.1. The fraction of sp³-hybridized carbons (Fsp3) is 0.364. The van der Waals surface area contributed by atoms with Gasteiger partial charge in [-0.15, -0.1) is 0 Å². The molecule has 0 spiro atoms. The lowest BCUT2D eigenvalue weighted by atomic mass is 10.1. The van der Waals surface area contributed by atoms with E-state index in [1.807, 2.05) is 12.1 Å². The monoisotopic (exact) mass is 419 g/mol. The first-order chi connectivity index (χ1) is 13.8. The minimum absolute atomic E-state index is 0.250. The van der Waals surface area contributed by atoms with Crippen LogP contribution in [0.2, 0.25) is 5.02 Å². The fourth-order valence-corrected chi connectivity index (χ4v) is 2.81. The summed E-state index contributed by atoms with van der Waals surface area (Å²) in [5.74, 6) is 0.376. The summed E-state index contributed by atoms with van der Waals surface area (Å²) >= 11 is 5.97. The van der Waals surface area contributed by atoms with E-state index in [0.29, 0.717) is 41.7 Å². The number of carbonyl (C=O) groups is 2. The van der Waals surface area contributed by atoms with Gasteiger partial charge in [0.05, 0.1) is 19.3 Å². The molecule has 156 valence electrons. The average molecular weight is 420 g/mol. The molecule has 1 amide bonds. The number of ether oxygens (including phenoxy) is 3. The number of amides is 1. The van der Waals surface area contributed by atoms with Crippen LogP contribution in [-0.4, -0.2) is 37.7 Å². The van der Waals surface area contributed by atoms with Crippen LogP contribution >= 0.6 is 11.6 Å². The molecule has 0 unspecified atom stereocenters. The molecule has 2 aromatic carbocycles. The Morgan fingerprint density at radius 2 is 1.79 bits per heavy atom. The third-order valence-corrected chi connectivity index (χ3v) is 4.40. The summed E-state index contributed by atoms with van der Waals surface area (Å²) in [7, 11) is 1.51. The van der Waals surface area contributed by atoms with E-state index < -0.39 is 11.6 Å².